The van der Waals surface area contributed by atoms with E-state index in [-0.39, 0.29) is 6.10 Å². The van der Waals surface area contributed by atoms with Gasteiger partial charge in [0, 0.05) is 17.5 Å². The maximum absolute atomic E-state index is 9.74. The first-order valence-corrected chi connectivity index (χ1v) is 6.03. The second kappa shape index (κ2) is 4.09. The molecule has 1 heterocycles. The third-order valence-electron chi connectivity index (χ3n) is 2.10. The molecule has 1 aliphatic carbocycles. The number of aliphatic hydroxyl groups is 1. The molecular formula is C9H12BrNOS. The Kier molecular flexibility index (Phi) is 3.03. The zero-order valence-electron chi connectivity index (χ0n) is 7.16. The zero-order chi connectivity index (χ0) is 9.26. The molecule has 0 saturated heterocycles. The summed E-state index contributed by atoms with van der Waals surface area (Å²) in [4.78, 5) is 1.03. The van der Waals surface area contributed by atoms with Crippen molar-refractivity contribution in [1.29, 1.82) is 0 Å². The molecule has 2 rings (SSSR count). The molecule has 1 aliphatic rings. The third-order valence-corrected chi connectivity index (χ3v) is 3.82. The van der Waals surface area contributed by atoms with Crippen molar-refractivity contribution in [1.82, 2.24) is 5.32 Å². The summed E-state index contributed by atoms with van der Waals surface area (Å²) in [5.74, 6) is 0. The van der Waals surface area contributed by atoms with Crippen LogP contribution in [0.4, 0.5) is 0 Å². The molecule has 1 fully saturated rings. The molecule has 4 heteroatoms. The van der Waals surface area contributed by atoms with Crippen LogP contribution in [0, 0.1) is 0 Å². The van der Waals surface area contributed by atoms with Gasteiger partial charge in [-0.3, -0.25) is 0 Å². The largest absolute Gasteiger partial charge is 0.386 e. The highest BCUT2D eigenvalue weighted by Crippen LogP contribution is 2.27. The predicted molar refractivity (Wildman–Crippen MR) is 58.0 cm³/mol. The summed E-state index contributed by atoms with van der Waals surface area (Å²) in [6.07, 6.45) is 2.18. The zero-order valence-corrected chi connectivity index (χ0v) is 9.57. The fraction of sp³-hybridized carbons (Fsp3) is 0.556. The van der Waals surface area contributed by atoms with Crippen LogP contribution in [-0.2, 0) is 0 Å². The topological polar surface area (TPSA) is 32.3 Å². The Labute approximate surface area is 90.1 Å². The first-order chi connectivity index (χ1) is 6.25. The van der Waals surface area contributed by atoms with Gasteiger partial charge in [0.25, 0.3) is 0 Å². The fourth-order valence-corrected chi connectivity index (χ4v) is 2.58. The van der Waals surface area contributed by atoms with E-state index < -0.39 is 0 Å². The molecule has 0 spiro atoms. The Hall–Kier alpha value is 0.1000. The minimum absolute atomic E-state index is 0.350. The summed E-state index contributed by atoms with van der Waals surface area (Å²) in [7, 11) is 0. The highest BCUT2D eigenvalue weighted by atomic mass is 79.9. The van der Waals surface area contributed by atoms with Crippen LogP contribution in [0.3, 0.4) is 0 Å². The van der Waals surface area contributed by atoms with Crippen LogP contribution in [0.25, 0.3) is 0 Å². The second-order valence-electron chi connectivity index (χ2n) is 3.34. The number of halogens is 1. The van der Waals surface area contributed by atoms with E-state index in [9.17, 15) is 5.11 Å². The Bertz CT molecular complexity index is 285. The van der Waals surface area contributed by atoms with Crippen molar-refractivity contribution in [2.45, 2.75) is 25.0 Å². The van der Waals surface area contributed by atoms with Crippen molar-refractivity contribution < 1.29 is 5.11 Å². The van der Waals surface area contributed by atoms with Gasteiger partial charge in [-0.25, -0.2) is 0 Å². The molecular weight excluding hydrogens is 250 g/mol. The van der Waals surface area contributed by atoms with Crippen LogP contribution >= 0.6 is 27.3 Å². The molecule has 1 atom stereocenters. The van der Waals surface area contributed by atoms with Gasteiger partial charge < -0.3 is 10.4 Å². The lowest BCUT2D eigenvalue weighted by atomic mass is 10.3. The monoisotopic (exact) mass is 261 g/mol. The molecule has 0 amide bonds. The average Bonchev–Trinajstić information content (AvgIpc) is 2.84. The van der Waals surface area contributed by atoms with E-state index in [1.54, 1.807) is 11.3 Å². The van der Waals surface area contributed by atoms with Crippen molar-refractivity contribution in [3.05, 3.63) is 20.8 Å². The standard InChI is InChI=1S/C9H12BrNOS/c10-9-4-3-8(13-9)7(12)5-11-6-1-2-6/h3-4,6-7,11-12H,1-2,5H2. The van der Waals surface area contributed by atoms with Crippen LogP contribution in [0.15, 0.2) is 15.9 Å². The highest BCUT2D eigenvalue weighted by molar-refractivity contribution is 9.11. The first kappa shape index (κ1) is 9.65. The van der Waals surface area contributed by atoms with Crippen molar-refractivity contribution in [2.24, 2.45) is 0 Å². The van der Waals surface area contributed by atoms with Gasteiger partial charge in [0.1, 0.15) is 6.10 Å². The lowest BCUT2D eigenvalue weighted by Gasteiger charge is -2.08. The SMILES string of the molecule is OC(CNC1CC1)c1ccc(Br)s1. The Balaban J connectivity index is 1.84. The summed E-state index contributed by atoms with van der Waals surface area (Å²) in [5, 5.41) is 13.0. The Morgan fingerprint density at radius 2 is 2.38 bits per heavy atom. The van der Waals surface area contributed by atoms with Gasteiger partial charge in [-0.1, -0.05) is 0 Å². The smallest absolute Gasteiger partial charge is 0.101 e. The van der Waals surface area contributed by atoms with Crippen LogP contribution in [0.5, 0.6) is 0 Å². The van der Waals surface area contributed by atoms with Gasteiger partial charge in [0.2, 0.25) is 0 Å². The lowest BCUT2D eigenvalue weighted by molar-refractivity contribution is 0.178. The van der Waals surface area contributed by atoms with E-state index in [0.717, 1.165) is 8.66 Å². The molecule has 1 aromatic rings. The van der Waals surface area contributed by atoms with E-state index in [0.29, 0.717) is 12.6 Å². The highest BCUT2D eigenvalue weighted by Gasteiger charge is 2.21. The maximum atomic E-state index is 9.74. The minimum atomic E-state index is -0.350. The van der Waals surface area contributed by atoms with E-state index in [1.807, 2.05) is 12.1 Å². The molecule has 0 aromatic carbocycles. The number of thiophene rings is 1. The van der Waals surface area contributed by atoms with Gasteiger partial charge in [-0.15, -0.1) is 11.3 Å². The van der Waals surface area contributed by atoms with Gasteiger partial charge in [-0.2, -0.15) is 0 Å². The summed E-state index contributed by atoms with van der Waals surface area (Å²) in [5.41, 5.74) is 0. The number of hydrogen-bond donors (Lipinski definition) is 2. The Morgan fingerprint density at radius 3 is 2.92 bits per heavy atom. The summed E-state index contributed by atoms with van der Waals surface area (Å²) < 4.78 is 1.08. The van der Waals surface area contributed by atoms with Crippen LogP contribution in [-0.4, -0.2) is 17.7 Å². The summed E-state index contributed by atoms with van der Waals surface area (Å²) in [6.45, 7) is 0.678. The average molecular weight is 262 g/mol. The van der Waals surface area contributed by atoms with E-state index >= 15 is 0 Å². The molecule has 1 unspecified atom stereocenters. The normalized spacial score (nSPS) is 18.9. The molecule has 13 heavy (non-hydrogen) atoms. The van der Waals surface area contributed by atoms with Crippen LogP contribution < -0.4 is 5.32 Å². The van der Waals surface area contributed by atoms with Crippen molar-refractivity contribution >= 4 is 27.3 Å². The van der Waals surface area contributed by atoms with Crippen LogP contribution in [0.2, 0.25) is 0 Å². The molecule has 0 aliphatic heterocycles. The van der Waals surface area contributed by atoms with Crippen molar-refractivity contribution in [2.75, 3.05) is 6.54 Å². The molecule has 2 N–H and O–H groups in total. The van der Waals surface area contributed by atoms with E-state index in [1.165, 1.54) is 12.8 Å². The molecule has 72 valence electrons. The summed E-state index contributed by atoms with van der Waals surface area (Å²) >= 11 is 4.97. The van der Waals surface area contributed by atoms with Crippen LogP contribution in [0.1, 0.15) is 23.8 Å². The predicted octanol–water partition coefficient (Wildman–Crippen LogP) is 2.30. The molecule has 2 nitrogen and oxygen atoms in total. The quantitative estimate of drug-likeness (QED) is 0.872. The molecule has 1 aromatic heterocycles. The minimum Gasteiger partial charge on any atom is -0.386 e. The number of rotatable bonds is 4. The molecule has 0 radical (unpaired) electrons. The summed E-state index contributed by atoms with van der Waals surface area (Å²) in [6, 6.07) is 4.60. The third kappa shape index (κ3) is 2.77. The lowest BCUT2D eigenvalue weighted by Crippen LogP contribution is -2.22. The van der Waals surface area contributed by atoms with Crippen molar-refractivity contribution in [3.63, 3.8) is 0 Å². The van der Waals surface area contributed by atoms with Gasteiger partial charge in [-0.05, 0) is 40.9 Å². The maximum Gasteiger partial charge on any atom is 0.101 e. The number of nitrogens with one attached hydrogen (secondary N) is 1. The van der Waals surface area contributed by atoms with Gasteiger partial charge in [0.15, 0.2) is 0 Å². The number of aliphatic hydroxyl groups excluding tert-OH is 1. The van der Waals surface area contributed by atoms with E-state index in [4.69, 9.17) is 0 Å². The molecule has 1 saturated carbocycles. The number of hydrogen-bond acceptors (Lipinski definition) is 3. The van der Waals surface area contributed by atoms with E-state index in [2.05, 4.69) is 21.2 Å². The fourth-order valence-electron chi connectivity index (χ4n) is 1.17. The molecule has 0 bridgehead atoms. The van der Waals surface area contributed by atoms with Gasteiger partial charge >= 0.3 is 0 Å². The van der Waals surface area contributed by atoms with Crippen molar-refractivity contribution in [3.8, 4) is 0 Å². The Morgan fingerprint density at radius 1 is 1.62 bits per heavy atom. The van der Waals surface area contributed by atoms with Gasteiger partial charge in [0.05, 0.1) is 3.79 Å². The second-order valence-corrected chi connectivity index (χ2v) is 5.83. The first-order valence-electron chi connectivity index (χ1n) is 4.42.